The highest BCUT2D eigenvalue weighted by Gasteiger charge is 2.28. The molecule has 1 saturated heterocycles. The number of hydrogen-bond acceptors (Lipinski definition) is 3. The number of piperazine rings is 1. The summed E-state index contributed by atoms with van der Waals surface area (Å²) in [4.78, 5) is 28.5. The predicted molar refractivity (Wildman–Crippen MR) is 98.2 cm³/mol. The van der Waals surface area contributed by atoms with Crippen LogP contribution in [0.3, 0.4) is 0 Å². The molecule has 2 rings (SSSR count). The van der Waals surface area contributed by atoms with Crippen LogP contribution in [0.4, 0.5) is 0 Å². The molecule has 5 nitrogen and oxygen atoms in total. The van der Waals surface area contributed by atoms with Gasteiger partial charge in [-0.05, 0) is 31.7 Å². The van der Waals surface area contributed by atoms with Crippen LogP contribution < -0.4 is 0 Å². The van der Waals surface area contributed by atoms with Gasteiger partial charge in [-0.15, -0.1) is 0 Å². The normalized spacial score (nSPS) is 15.9. The van der Waals surface area contributed by atoms with Crippen LogP contribution in [-0.2, 0) is 20.7 Å². The Bertz CT molecular complexity index is 539. The number of nitrogens with zero attached hydrogens (tertiary/aromatic N) is 2. The minimum absolute atomic E-state index is 0.0560. The summed E-state index contributed by atoms with van der Waals surface area (Å²) in [6, 6.07) is 10.2. The number of carbonyl (C=O) groups excluding carboxylic acids is 2. The Labute approximate surface area is 150 Å². The van der Waals surface area contributed by atoms with E-state index in [2.05, 4.69) is 12.1 Å². The molecule has 5 heteroatoms. The zero-order chi connectivity index (χ0) is 18.1. The summed E-state index contributed by atoms with van der Waals surface area (Å²) in [5, 5.41) is 0. The summed E-state index contributed by atoms with van der Waals surface area (Å²) in [5.41, 5.74) is 1.27. The highest BCUT2D eigenvalue weighted by molar-refractivity contribution is 5.81. The quantitative estimate of drug-likeness (QED) is 0.727. The molecular weight excluding hydrogens is 316 g/mol. The summed E-state index contributed by atoms with van der Waals surface area (Å²) in [6.07, 6.45) is 2.70. The third-order valence-corrected chi connectivity index (χ3v) is 4.66. The molecule has 1 unspecified atom stereocenters. The van der Waals surface area contributed by atoms with E-state index in [0.29, 0.717) is 45.6 Å². The summed E-state index contributed by atoms with van der Waals surface area (Å²) in [5.74, 6) is 0.250. The van der Waals surface area contributed by atoms with E-state index in [-0.39, 0.29) is 17.9 Å². The molecule has 0 bridgehead atoms. The van der Waals surface area contributed by atoms with Crippen molar-refractivity contribution in [2.75, 3.05) is 32.8 Å². The molecule has 0 aliphatic carbocycles. The van der Waals surface area contributed by atoms with Crippen LogP contribution >= 0.6 is 0 Å². The van der Waals surface area contributed by atoms with E-state index in [1.54, 1.807) is 0 Å². The van der Waals surface area contributed by atoms with Gasteiger partial charge in [0.2, 0.25) is 5.91 Å². The fourth-order valence-corrected chi connectivity index (χ4v) is 3.19. The van der Waals surface area contributed by atoms with E-state index in [4.69, 9.17) is 4.74 Å². The van der Waals surface area contributed by atoms with Gasteiger partial charge in [-0.3, -0.25) is 9.59 Å². The van der Waals surface area contributed by atoms with E-state index in [1.807, 2.05) is 41.8 Å². The fourth-order valence-electron chi connectivity index (χ4n) is 3.19. The topological polar surface area (TPSA) is 49.9 Å². The average Bonchev–Trinajstić information content (AvgIpc) is 2.66. The van der Waals surface area contributed by atoms with Gasteiger partial charge in [-0.2, -0.15) is 0 Å². The van der Waals surface area contributed by atoms with Gasteiger partial charge in [-0.1, -0.05) is 37.3 Å². The van der Waals surface area contributed by atoms with Crippen LogP contribution in [0, 0.1) is 0 Å². The number of amides is 2. The molecule has 1 aliphatic rings. The maximum absolute atomic E-state index is 12.4. The van der Waals surface area contributed by atoms with Gasteiger partial charge in [0.05, 0.1) is 0 Å². The molecule has 138 valence electrons. The van der Waals surface area contributed by atoms with Crippen molar-refractivity contribution >= 4 is 11.8 Å². The molecule has 0 radical (unpaired) electrons. The van der Waals surface area contributed by atoms with E-state index < -0.39 is 0 Å². The number of benzene rings is 1. The number of rotatable bonds is 8. The van der Waals surface area contributed by atoms with Crippen molar-refractivity contribution < 1.29 is 14.3 Å². The van der Waals surface area contributed by atoms with Gasteiger partial charge in [0.1, 0.15) is 6.10 Å². The Balaban J connectivity index is 1.71. The van der Waals surface area contributed by atoms with Crippen LogP contribution in [0.2, 0.25) is 0 Å². The van der Waals surface area contributed by atoms with Crippen molar-refractivity contribution in [3.05, 3.63) is 35.9 Å². The Kier molecular flexibility index (Phi) is 7.92. The largest absolute Gasteiger partial charge is 0.369 e. The van der Waals surface area contributed by atoms with Gasteiger partial charge >= 0.3 is 0 Å². The van der Waals surface area contributed by atoms with Gasteiger partial charge in [0, 0.05) is 39.2 Å². The molecule has 0 N–H and O–H groups in total. The van der Waals surface area contributed by atoms with Crippen molar-refractivity contribution in [1.29, 1.82) is 0 Å². The molecule has 1 atom stereocenters. The standard InChI is InChI=1S/C20H30N2O3/c1-3-18(25-4-2)20(24)22-15-13-21(14-16-22)19(23)12-8-11-17-9-6-5-7-10-17/h5-7,9-10,18H,3-4,8,11-16H2,1-2H3. The molecule has 0 saturated carbocycles. The lowest BCUT2D eigenvalue weighted by Gasteiger charge is -2.36. The Morgan fingerprint density at radius 3 is 2.28 bits per heavy atom. The Morgan fingerprint density at radius 1 is 1.04 bits per heavy atom. The van der Waals surface area contributed by atoms with Gasteiger partial charge in [-0.25, -0.2) is 0 Å². The maximum atomic E-state index is 12.4. The fraction of sp³-hybridized carbons (Fsp3) is 0.600. The van der Waals surface area contributed by atoms with Crippen molar-refractivity contribution in [1.82, 2.24) is 9.80 Å². The summed E-state index contributed by atoms with van der Waals surface area (Å²) < 4.78 is 5.50. The summed E-state index contributed by atoms with van der Waals surface area (Å²) in [7, 11) is 0. The molecular formula is C20H30N2O3. The summed E-state index contributed by atoms with van der Waals surface area (Å²) in [6.45, 7) is 6.87. The first-order valence-electron chi connectivity index (χ1n) is 9.37. The maximum Gasteiger partial charge on any atom is 0.251 e. The van der Waals surface area contributed by atoms with Crippen molar-refractivity contribution in [2.24, 2.45) is 0 Å². The smallest absolute Gasteiger partial charge is 0.251 e. The van der Waals surface area contributed by atoms with Gasteiger partial charge < -0.3 is 14.5 Å². The van der Waals surface area contributed by atoms with Gasteiger partial charge in [0.25, 0.3) is 5.91 Å². The Morgan fingerprint density at radius 2 is 1.68 bits per heavy atom. The van der Waals surface area contributed by atoms with Crippen LogP contribution in [0.15, 0.2) is 30.3 Å². The van der Waals surface area contributed by atoms with Crippen molar-refractivity contribution in [3.63, 3.8) is 0 Å². The second-order valence-electron chi connectivity index (χ2n) is 6.40. The van der Waals surface area contributed by atoms with E-state index in [0.717, 1.165) is 12.8 Å². The number of carbonyl (C=O) groups is 2. The van der Waals surface area contributed by atoms with Crippen molar-refractivity contribution in [2.45, 2.75) is 45.6 Å². The third-order valence-electron chi connectivity index (χ3n) is 4.66. The molecule has 0 aromatic heterocycles. The lowest BCUT2D eigenvalue weighted by molar-refractivity contribution is -0.148. The molecule has 25 heavy (non-hydrogen) atoms. The average molecular weight is 346 g/mol. The zero-order valence-corrected chi connectivity index (χ0v) is 15.4. The van der Waals surface area contributed by atoms with E-state index >= 15 is 0 Å². The second-order valence-corrected chi connectivity index (χ2v) is 6.40. The SMILES string of the molecule is CCOC(CC)C(=O)N1CCN(C(=O)CCCc2ccccc2)CC1. The van der Waals surface area contributed by atoms with E-state index in [1.165, 1.54) is 5.56 Å². The Hall–Kier alpha value is -1.88. The number of hydrogen-bond donors (Lipinski definition) is 0. The second kappa shape index (κ2) is 10.2. The molecule has 1 aromatic rings. The number of aryl methyl sites for hydroxylation is 1. The van der Waals surface area contributed by atoms with Crippen LogP contribution in [0.25, 0.3) is 0 Å². The molecule has 1 heterocycles. The number of ether oxygens (including phenoxy) is 1. The predicted octanol–water partition coefficient (Wildman–Crippen LogP) is 2.50. The first-order valence-corrected chi connectivity index (χ1v) is 9.37. The van der Waals surface area contributed by atoms with Gasteiger partial charge in [0.15, 0.2) is 0 Å². The van der Waals surface area contributed by atoms with E-state index in [9.17, 15) is 9.59 Å². The molecule has 1 aromatic carbocycles. The molecule has 1 fully saturated rings. The van der Waals surface area contributed by atoms with Crippen LogP contribution in [0.5, 0.6) is 0 Å². The minimum atomic E-state index is -0.349. The lowest BCUT2D eigenvalue weighted by atomic mass is 10.1. The zero-order valence-electron chi connectivity index (χ0n) is 15.4. The first kappa shape index (κ1) is 19.4. The monoisotopic (exact) mass is 346 g/mol. The van der Waals surface area contributed by atoms with Crippen LogP contribution in [0.1, 0.15) is 38.7 Å². The molecule has 1 aliphatic heterocycles. The molecule has 0 spiro atoms. The highest BCUT2D eigenvalue weighted by Crippen LogP contribution is 2.11. The third kappa shape index (κ3) is 5.85. The van der Waals surface area contributed by atoms with Crippen LogP contribution in [-0.4, -0.2) is 60.5 Å². The lowest BCUT2D eigenvalue weighted by Crippen LogP contribution is -2.53. The summed E-state index contributed by atoms with van der Waals surface area (Å²) >= 11 is 0. The van der Waals surface area contributed by atoms with Crippen molar-refractivity contribution in [3.8, 4) is 0 Å². The first-order chi connectivity index (χ1) is 12.2. The highest BCUT2D eigenvalue weighted by atomic mass is 16.5. The minimum Gasteiger partial charge on any atom is -0.369 e. The molecule has 2 amide bonds.